The molecule has 4 amide bonds. The number of benzene rings is 2. The number of urea groups is 1. The van der Waals surface area contributed by atoms with Gasteiger partial charge in [0.05, 0.1) is 0 Å². The van der Waals surface area contributed by atoms with Crippen LogP contribution >= 0.6 is 0 Å². The van der Waals surface area contributed by atoms with Crippen LogP contribution in [0.25, 0.3) is 0 Å². The molecule has 0 aliphatic heterocycles. The molecule has 0 aliphatic rings. The highest BCUT2D eigenvalue weighted by Gasteiger charge is 2.11. The second kappa shape index (κ2) is 9.38. The standard InChI is InChI=1S/C20H24N4O3/c1-14-9-10-16(19(26)24(2)3)13-17(14)23-20(27)22-12-11-21-18(25)15-7-5-4-6-8-15/h4-10,13H,11-12H2,1-3H3,(H,21,25)(H2,22,23,27). The summed E-state index contributed by atoms with van der Waals surface area (Å²) in [7, 11) is 3.34. The minimum absolute atomic E-state index is 0.137. The van der Waals surface area contributed by atoms with Gasteiger partial charge in [-0.05, 0) is 36.8 Å². The van der Waals surface area contributed by atoms with Crippen molar-refractivity contribution in [2.75, 3.05) is 32.5 Å². The van der Waals surface area contributed by atoms with Gasteiger partial charge in [0, 0.05) is 44.0 Å². The first kappa shape index (κ1) is 20.0. The molecule has 0 spiro atoms. The molecule has 0 atom stereocenters. The normalized spacial score (nSPS) is 10.0. The van der Waals surface area contributed by atoms with Gasteiger partial charge in [-0.1, -0.05) is 24.3 Å². The van der Waals surface area contributed by atoms with E-state index in [1.807, 2.05) is 13.0 Å². The minimum atomic E-state index is -0.401. The minimum Gasteiger partial charge on any atom is -0.350 e. The fraction of sp³-hybridized carbons (Fsp3) is 0.250. The predicted octanol–water partition coefficient (Wildman–Crippen LogP) is 2.25. The van der Waals surface area contributed by atoms with Crippen molar-refractivity contribution in [2.45, 2.75) is 6.92 Å². The van der Waals surface area contributed by atoms with E-state index in [1.54, 1.807) is 56.6 Å². The van der Waals surface area contributed by atoms with Crippen molar-refractivity contribution in [3.63, 3.8) is 0 Å². The summed E-state index contributed by atoms with van der Waals surface area (Å²) in [6, 6.07) is 13.6. The highest BCUT2D eigenvalue weighted by atomic mass is 16.2. The topological polar surface area (TPSA) is 90.5 Å². The Kier molecular flexibility index (Phi) is 6.93. The second-order valence-electron chi connectivity index (χ2n) is 6.23. The van der Waals surface area contributed by atoms with E-state index in [0.717, 1.165) is 5.56 Å². The Morgan fingerprint density at radius 1 is 0.889 bits per heavy atom. The summed E-state index contributed by atoms with van der Waals surface area (Å²) < 4.78 is 0. The van der Waals surface area contributed by atoms with Crippen LogP contribution < -0.4 is 16.0 Å². The lowest BCUT2D eigenvalue weighted by Crippen LogP contribution is -2.37. The molecule has 7 nitrogen and oxygen atoms in total. The molecule has 0 bridgehead atoms. The molecule has 0 fully saturated rings. The fourth-order valence-electron chi connectivity index (χ4n) is 2.36. The molecule has 142 valence electrons. The van der Waals surface area contributed by atoms with Gasteiger partial charge in [-0.2, -0.15) is 0 Å². The number of hydrogen-bond acceptors (Lipinski definition) is 3. The summed E-state index contributed by atoms with van der Waals surface area (Å²) in [5.41, 5.74) is 2.47. The van der Waals surface area contributed by atoms with E-state index in [-0.39, 0.29) is 18.4 Å². The van der Waals surface area contributed by atoms with Gasteiger partial charge in [0.1, 0.15) is 0 Å². The van der Waals surface area contributed by atoms with Gasteiger partial charge in [-0.25, -0.2) is 4.79 Å². The number of aryl methyl sites for hydroxylation is 1. The molecule has 2 rings (SSSR count). The van der Waals surface area contributed by atoms with Crippen LogP contribution in [0.15, 0.2) is 48.5 Å². The molecular weight excluding hydrogens is 344 g/mol. The molecule has 7 heteroatoms. The molecule has 0 heterocycles. The molecule has 2 aromatic carbocycles. The lowest BCUT2D eigenvalue weighted by atomic mass is 10.1. The first-order valence-corrected chi connectivity index (χ1v) is 8.59. The van der Waals surface area contributed by atoms with Gasteiger partial charge < -0.3 is 20.9 Å². The van der Waals surface area contributed by atoms with Crippen LogP contribution in [0, 0.1) is 6.92 Å². The quantitative estimate of drug-likeness (QED) is 0.683. The third-order valence-corrected chi connectivity index (χ3v) is 3.87. The number of nitrogens with zero attached hydrogens (tertiary/aromatic N) is 1. The van der Waals surface area contributed by atoms with E-state index in [1.165, 1.54) is 4.90 Å². The summed E-state index contributed by atoms with van der Waals surface area (Å²) in [5, 5.41) is 8.14. The first-order valence-electron chi connectivity index (χ1n) is 8.59. The lowest BCUT2D eigenvalue weighted by Gasteiger charge is -2.14. The number of hydrogen-bond donors (Lipinski definition) is 3. The molecule has 0 aromatic heterocycles. The maximum Gasteiger partial charge on any atom is 0.319 e. The van der Waals surface area contributed by atoms with Crippen LogP contribution in [0.2, 0.25) is 0 Å². The molecular formula is C20H24N4O3. The van der Waals surface area contributed by atoms with Crippen molar-refractivity contribution < 1.29 is 14.4 Å². The van der Waals surface area contributed by atoms with E-state index in [2.05, 4.69) is 16.0 Å². The summed E-state index contributed by atoms with van der Waals surface area (Å²) >= 11 is 0. The van der Waals surface area contributed by atoms with E-state index >= 15 is 0 Å². The number of carbonyl (C=O) groups is 3. The maximum absolute atomic E-state index is 12.1. The average molecular weight is 368 g/mol. The predicted molar refractivity (Wildman–Crippen MR) is 105 cm³/mol. The fourth-order valence-corrected chi connectivity index (χ4v) is 2.36. The molecule has 27 heavy (non-hydrogen) atoms. The van der Waals surface area contributed by atoms with Gasteiger partial charge in [0.2, 0.25) is 0 Å². The molecule has 0 aliphatic carbocycles. The van der Waals surface area contributed by atoms with Crippen LogP contribution in [-0.4, -0.2) is 49.9 Å². The van der Waals surface area contributed by atoms with Gasteiger partial charge >= 0.3 is 6.03 Å². The average Bonchev–Trinajstić information content (AvgIpc) is 2.66. The molecule has 0 saturated heterocycles. The van der Waals surface area contributed by atoms with E-state index in [4.69, 9.17) is 0 Å². The molecule has 2 aromatic rings. The van der Waals surface area contributed by atoms with Crippen molar-refractivity contribution in [2.24, 2.45) is 0 Å². The highest BCUT2D eigenvalue weighted by molar-refractivity contribution is 5.97. The van der Waals surface area contributed by atoms with Crippen LogP contribution in [-0.2, 0) is 0 Å². The van der Waals surface area contributed by atoms with Crippen LogP contribution in [0.1, 0.15) is 26.3 Å². The Labute approximate surface area is 158 Å². The zero-order chi connectivity index (χ0) is 19.8. The Balaban J connectivity index is 1.83. The van der Waals surface area contributed by atoms with Crippen LogP contribution in [0.3, 0.4) is 0 Å². The Hall–Kier alpha value is -3.35. The summed E-state index contributed by atoms with van der Waals surface area (Å²) in [5.74, 6) is -0.328. The molecule has 0 radical (unpaired) electrons. The van der Waals surface area contributed by atoms with Crippen molar-refractivity contribution in [3.8, 4) is 0 Å². The van der Waals surface area contributed by atoms with Crippen molar-refractivity contribution in [1.82, 2.24) is 15.5 Å². The monoisotopic (exact) mass is 368 g/mol. The first-order chi connectivity index (χ1) is 12.9. The SMILES string of the molecule is Cc1ccc(C(=O)N(C)C)cc1NC(=O)NCCNC(=O)c1ccccc1. The number of carbonyl (C=O) groups excluding carboxylic acids is 3. The Bertz CT molecular complexity index is 819. The summed E-state index contributed by atoms with van der Waals surface area (Å²) in [4.78, 5) is 37.5. The molecule has 0 unspecified atom stereocenters. The molecule has 3 N–H and O–H groups in total. The van der Waals surface area contributed by atoms with Gasteiger partial charge in [-0.3, -0.25) is 9.59 Å². The van der Waals surface area contributed by atoms with Gasteiger partial charge in [0.15, 0.2) is 0 Å². The van der Waals surface area contributed by atoms with E-state index in [0.29, 0.717) is 23.4 Å². The smallest absolute Gasteiger partial charge is 0.319 e. The van der Waals surface area contributed by atoms with Crippen molar-refractivity contribution >= 4 is 23.5 Å². The highest BCUT2D eigenvalue weighted by Crippen LogP contribution is 2.17. The summed E-state index contributed by atoms with van der Waals surface area (Å²) in [6.07, 6.45) is 0. The number of anilines is 1. The number of rotatable bonds is 6. The van der Waals surface area contributed by atoms with Crippen LogP contribution in [0.5, 0.6) is 0 Å². The summed E-state index contributed by atoms with van der Waals surface area (Å²) in [6.45, 7) is 2.43. The van der Waals surface area contributed by atoms with E-state index < -0.39 is 6.03 Å². The maximum atomic E-state index is 12.1. The second-order valence-corrected chi connectivity index (χ2v) is 6.23. The number of amides is 4. The van der Waals surface area contributed by atoms with Gasteiger partial charge in [-0.15, -0.1) is 0 Å². The zero-order valence-electron chi connectivity index (χ0n) is 15.7. The lowest BCUT2D eigenvalue weighted by molar-refractivity contribution is 0.0827. The van der Waals surface area contributed by atoms with Crippen molar-refractivity contribution in [1.29, 1.82) is 0 Å². The number of nitrogens with one attached hydrogen (secondary N) is 3. The third kappa shape index (κ3) is 5.85. The van der Waals surface area contributed by atoms with Crippen molar-refractivity contribution in [3.05, 3.63) is 65.2 Å². The van der Waals surface area contributed by atoms with Crippen LogP contribution in [0.4, 0.5) is 10.5 Å². The third-order valence-electron chi connectivity index (χ3n) is 3.87. The largest absolute Gasteiger partial charge is 0.350 e. The molecule has 0 saturated carbocycles. The zero-order valence-corrected chi connectivity index (χ0v) is 15.7. The Morgan fingerprint density at radius 2 is 1.56 bits per heavy atom. The van der Waals surface area contributed by atoms with Gasteiger partial charge in [0.25, 0.3) is 11.8 Å². The Morgan fingerprint density at radius 3 is 2.22 bits per heavy atom. The van der Waals surface area contributed by atoms with E-state index in [9.17, 15) is 14.4 Å².